The van der Waals surface area contributed by atoms with Crippen molar-refractivity contribution in [2.24, 2.45) is 11.3 Å². The first kappa shape index (κ1) is 18.4. The van der Waals surface area contributed by atoms with E-state index in [1.165, 1.54) is 0 Å². The molecule has 2 aliphatic carbocycles. The van der Waals surface area contributed by atoms with Crippen LogP contribution < -0.4 is 5.32 Å². The molecule has 2 amide bonds. The molecule has 1 heterocycles. The number of likely N-dealkylation sites (tertiary alicyclic amines) is 1. The SMILES string of the molecule is O=C(N[C@@H]1CCC1(F)F)[C@H]1CCC[C@]12CCN(C(=O)Cc1ccccc1)C2. The van der Waals surface area contributed by atoms with Crippen molar-refractivity contribution in [1.29, 1.82) is 0 Å². The molecule has 4 nitrogen and oxygen atoms in total. The molecule has 0 unspecified atom stereocenters. The minimum absolute atomic E-state index is 0.0784. The number of amides is 2. The van der Waals surface area contributed by atoms with Crippen molar-refractivity contribution < 1.29 is 18.4 Å². The molecule has 6 heteroatoms. The largest absolute Gasteiger partial charge is 0.347 e. The second kappa shape index (κ2) is 6.88. The maximum absolute atomic E-state index is 13.5. The van der Waals surface area contributed by atoms with Crippen molar-refractivity contribution in [1.82, 2.24) is 10.2 Å². The molecular formula is C21H26F2N2O2. The molecule has 1 spiro atoms. The lowest BCUT2D eigenvalue weighted by molar-refractivity contribution is -0.142. The summed E-state index contributed by atoms with van der Waals surface area (Å²) in [6, 6.07) is 8.62. The van der Waals surface area contributed by atoms with Crippen molar-refractivity contribution in [3.05, 3.63) is 35.9 Å². The molecule has 3 aliphatic rings. The van der Waals surface area contributed by atoms with E-state index in [4.69, 9.17) is 0 Å². The molecule has 1 saturated heterocycles. The monoisotopic (exact) mass is 376 g/mol. The summed E-state index contributed by atoms with van der Waals surface area (Å²) in [6.45, 7) is 1.22. The van der Waals surface area contributed by atoms with E-state index in [1.54, 1.807) is 0 Å². The number of benzene rings is 1. The smallest absolute Gasteiger partial charge is 0.267 e. The highest BCUT2D eigenvalue weighted by Gasteiger charge is 2.54. The molecule has 0 aromatic heterocycles. The highest BCUT2D eigenvalue weighted by molar-refractivity contribution is 5.82. The van der Waals surface area contributed by atoms with Crippen LogP contribution in [0.25, 0.3) is 0 Å². The van der Waals surface area contributed by atoms with Gasteiger partial charge in [-0.25, -0.2) is 8.78 Å². The predicted octanol–water partition coefficient (Wildman–Crippen LogP) is 3.16. The molecule has 3 atom stereocenters. The third-order valence-corrected chi connectivity index (χ3v) is 6.75. The van der Waals surface area contributed by atoms with Gasteiger partial charge >= 0.3 is 0 Å². The molecule has 1 aromatic carbocycles. The van der Waals surface area contributed by atoms with Crippen LogP contribution in [0.1, 0.15) is 44.1 Å². The van der Waals surface area contributed by atoms with Gasteiger partial charge in [0.2, 0.25) is 11.8 Å². The Morgan fingerprint density at radius 2 is 1.89 bits per heavy atom. The van der Waals surface area contributed by atoms with Gasteiger partial charge in [-0.3, -0.25) is 9.59 Å². The molecule has 1 aromatic rings. The van der Waals surface area contributed by atoms with Crippen LogP contribution in [-0.4, -0.2) is 41.8 Å². The number of rotatable bonds is 4. The van der Waals surface area contributed by atoms with Crippen molar-refractivity contribution in [2.45, 2.75) is 56.9 Å². The van der Waals surface area contributed by atoms with Gasteiger partial charge in [-0.05, 0) is 31.2 Å². The van der Waals surface area contributed by atoms with Crippen LogP contribution in [-0.2, 0) is 16.0 Å². The Labute approximate surface area is 158 Å². The van der Waals surface area contributed by atoms with E-state index in [2.05, 4.69) is 5.32 Å². The third kappa shape index (κ3) is 3.46. The minimum Gasteiger partial charge on any atom is -0.347 e. The lowest BCUT2D eigenvalue weighted by Crippen LogP contribution is -2.57. The summed E-state index contributed by atoms with van der Waals surface area (Å²) in [4.78, 5) is 27.3. The Bertz CT molecular complexity index is 724. The number of carbonyl (C=O) groups is 2. The van der Waals surface area contributed by atoms with Gasteiger partial charge in [0.05, 0.1) is 12.5 Å². The highest BCUT2D eigenvalue weighted by Crippen LogP contribution is 2.50. The predicted molar refractivity (Wildman–Crippen MR) is 97.2 cm³/mol. The maximum atomic E-state index is 13.5. The number of halogens is 2. The Kier molecular flexibility index (Phi) is 4.68. The van der Waals surface area contributed by atoms with Gasteiger partial charge in [-0.15, -0.1) is 0 Å². The molecule has 3 fully saturated rings. The Morgan fingerprint density at radius 1 is 1.11 bits per heavy atom. The summed E-state index contributed by atoms with van der Waals surface area (Å²) in [7, 11) is 0. The summed E-state index contributed by atoms with van der Waals surface area (Å²) in [5.41, 5.74) is 0.742. The van der Waals surface area contributed by atoms with E-state index in [0.717, 1.165) is 31.2 Å². The van der Waals surface area contributed by atoms with Crippen molar-refractivity contribution in [3.63, 3.8) is 0 Å². The van der Waals surface area contributed by atoms with Crippen molar-refractivity contribution in [2.75, 3.05) is 13.1 Å². The van der Waals surface area contributed by atoms with Crippen molar-refractivity contribution >= 4 is 11.8 Å². The van der Waals surface area contributed by atoms with Crippen LogP contribution in [0.5, 0.6) is 0 Å². The van der Waals surface area contributed by atoms with E-state index < -0.39 is 12.0 Å². The van der Waals surface area contributed by atoms with Gasteiger partial charge in [0.25, 0.3) is 5.92 Å². The highest BCUT2D eigenvalue weighted by atomic mass is 19.3. The molecule has 4 rings (SSSR count). The fraction of sp³-hybridized carbons (Fsp3) is 0.619. The average Bonchev–Trinajstić information content (AvgIpc) is 3.27. The zero-order chi connectivity index (χ0) is 19.1. The first-order valence-corrected chi connectivity index (χ1v) is 9.90. The number of carbonyl (C=O) groups excluding carboxylic acids is 2. The van der Waals surface area contributed by atoms with E-state index in [0.29, 0.717) is 25.9 Å². The first-order chi connectivity index (χ1) is 12.9. The topological polar surface area (TPSA) is 49.4 Å². The van der Waals surface area contributed by atoms with Crippen LogP contribution in [0.4, 0.5) is 8.78 Å². The van der Waals surface area contributed by atoms with E-state index in [1.807, 2.05) is 35.2 Å². The summed E-state index contributed by atoms with van der Waals surface area (Å²) >= 11 is 0. The molecule has 0 radical (unpaired) electrons. The summed E-state index contributed by atoms with van der Waals surface area (Å²) < 4.78 is 27.1. The normalized spacial score (nSPS) is 31.7. The van der Waals surface area contributed by atoms with Crippen LogP contribution in [0, 0.1) is 11.3 Å². The lowest BCUT2D eigenvalue weighted by atomic mass is 9.76. The summed E-state index contributed by atoms with van der Waals surface area (Å²) in [5, 5.41) is 2.59. The molecule has 0 bridgehead atoms. The van der Waals surface area contributed by atoms with Gasteiger partial charge in [-0.1, -0.05) is 36.8 Å². The first-order valence-electron chi connectivity index (χ1n) is 9.90. The number of nitrogens with one attached hydrogen (secondary N) is 1. The molecule has 27 heavy (non-hydrogen) atoms. The zero-order valence-electron chi connectivity index (χ0n) is 15.4. The summed E-state index contributed by atoms with van der Waals surface area (Å²) in [6.07, 6.45) is 3.89. The minimum atomic E-state index is -2.77. The third-order valence-electron chi connectivity index (χ3n) is 6.75. The molecular weight excluding hydrogens is 350 g/mol. The zero-order valence-corrected chi connectivity index (χ0v) is 15.4. The van der Waals surface area contributed by atoms with Crippen LogP contribution >= 0.6 is 0 Å². The molecule has 1 N–H and O–H groups in total. The molecule has 2 saturated carbocycles. The van der Waals surface area contributed by atoms with E-state index >= 15 is 0 Å². The Hall–Kier alpha value is -1.98. The number of hydrogen-bond acceptors (Lipinski definition) is 2. The number of alkyl halides is 2. The quantitative estimate of drug-likeness (QED) is 0.878. The Balaban J connectivity index is 1.39. The lowest BCUT2D eigenvalue weighted by Gasteiger charge is -2.39. The molecule has 1 aliphatic heterocycles. The second-order valence-electron chi connectivity index (χ2n) is 8.40. The number of nitrogens with zero attached hydrogens (tertiary/aromatic N) is 1. The van der Waals surface area contributed by atoms with Gasteiger partial charge in [0.15, 0.2) is 0 Å². The fourth-order valence-corrected chi connectivity index (χ4v) is 4.98. The van der Waals surface area contributed by atoms with Crippen LogP contribution in [0.2, 0.25) is 0 Å². The maximum Gasteiger partial charge on any atom is 0.267 e. The summed E-state index contributed by atoms with van der Waals surface area (Å²) in [5.74, 6) is -3.19. The van der Waals surface area contributed by atoms with E-state index in [-0.39, 0.29) is 29.6 Å². The molecule has 146 valence electrons. The van der Waals surface area contributed by atoms with Gasteiger partial charge in [0, 0.05) is 30.8 Å². The van der Waals surface area contributed by atoms with E-state index in [9.17, 15) is 18.4 Å². The average molecular weight is 376 g/mol. The van der Waals surface area contributed by atoms with Gasteiger partial charge in [0.1, 0.15) is 0 Å². The number of hydrogen-bond donors (Lipinski definition) is 1. The van der Waals surface area contributed by atoms with Crippen LogP contribution in [0.15, 0.2) is 30.3 Å². The Morgan fingerprint density at radius 3 is 2.56 bits per heavy atom. The second-order valence-corrected chi connectivity index (χ2v) is 8.40. The van der Waals surface area contributed by atoms with Gasteiger partial charge in [-0.2, -0.15) is 0 Å². The van der Waals surface area contributed by atoms with Crippen molar-refractivity contribution in [3.8, 4) is 0 Å². The van der Waals surface area contributed by atoms with Gasteiger partial charge < -0.3 is 10.2 Å². The standard InChI is InChI=1S/C21H26F2N2O2/c22-21(23)10-8-17(21)24-19(27)16-7-4-9-20(16)11-12-25(14-20)18(26)13-15-5-2-1-3-6-15/h1-3,5-6,16-17H,4,7-14H2,(H,24,27)/t16-,17-,20-/m1/s1. The fourth-order valence-electron chi connectivity index (χ4n) is 4.98. The van der Waals surface area contributed by atoms with Crippen LogP contribution in [0.3, 0.4) is 0 Å².